The number of anilines is 1. The van der Waals surface area contributed by atoms with Crippen LogP contribution in [0.3, 0.4) is 0 Å². The topological polar surface area (TPSA) is 76.2 Å². The van der Waals surface area contributed by atoms with Crippen LogP contribution in [0.25, 0.3) is 11.3 Å². The molecule has 2 aromatic heterocycles. The van der Waals surface area contributed by atoms with Gasteiger partial charge < -0.3 is 19.8 Å². The second-order valence-electron chi connectivity index (χ2n) is 5.08. The summed E-state index contributed by atoms with van der Waals surface area (Å²) in [6.45, 7) is 2.16. The normalized spacial score (nSPS) is 12.4. The summed E-state index contributed by atoms with van der Waals surface area (Å²) in [6.07, 6.45) is 1.78. The summed E-state index contributed by atoms with van der Waals surface area (Å²) in [5, 5.41) is 5.80. The van der Waals surface area contributed by atoms with Crippen molar-refractivity contribution in [1.29, 1.82) is 0 Å². The van der Waals surface area contributed by atoms with Gasteiger partial charge in [0.1, 0.15) is 5.69 Å². The monoisotopic (exact) mass is 327 g/mol. The first-order chi connectivity index (χ1) is 11.2. The van der Waals surface area contributed by atoms with Crippen LogP contribution >= 0.6 is 11.3 Å². The Bertz CT molecular complexity index is 884. The van der Waals surface area contributed by atoms with E-state index in [9.17, 15) is 4.79 Å². The van der Waals surface area contributed by atoms with Crippen LogP contribution in [0.5, 0.6) is 11.5 Å². The fourth-order valence-corrected chi connectivity index (χ4v) is 2.96. The third-order valence-electron chi connectivity index (χ3n) is 3.47. The lowest BCUT2D eigenvalue weighted by Crippen LogP contribution is -2.12. The molecule has 0 radical (unpaired) electrons. The highest BCUT2D eigenvalue weighted by molar-refractivity contribution is 7.09. The van der Waals surface area contributed by atoms with Crippen molar-refractivity contribution in [1.82, 2.24) is 9.97 Å². The molecular formula is C16H13N3O3S. The Kier molecular flexibility index (Phi) is 3.27. The van der Waals surface area contributed by atoms with Crippen LogP contribution < -0.4 is 14.8 Å². The zero-order valence-electron chi connectivity index (χ0n) is 12.3. The average molecular weight is 327 g/mol. The van der Waals surface area contributed by atoms with E-state index < -0.39 is 0 Å². The molecule has 3 aromatic rings. The molecule has 7 heteroatoms. The maximum absolute atomic E-state index is 12.3. The number of nitrogens with one attached hydrogen (secondary N) is 2. The van der Waals surface area contributed by atoms with E-state index in [1.165, 1.54) is 0 Å². The molecule has 116 valence electrons. The van der Waals surface area contributed by atoms with Crippen molar-refractivity contribution in [2.75, 3.05) is 12.1 Å². The maximum Gasteiger partial charge on any atom is 0.272 e. The van der Waals surface area contributed by atoms with Gasteiger partial charge in [-0.1, -0.05) is 0 Å². The summed E-state index contributed by atoms with van der Waals surface area (Å²) in [7, 11) is 0. The highest BCUT2D eigenvalue weighted by atomic mass is 32.1. The number of H-pyrrole nitrogens is 1. The van der Waals surface area contributed by atoms with Gasteiger partial charge in [-0.3, -0.25) is 4.79 Å². The quantitative estimate of drug-likeness (QED) is 0.773. The molecule has 2 N–H and O–H groups in total. The standard InChI is InChI=1S/C16H13N3O3S/c1-9-18-13(7-23-9)10-4-12(17-6-10)16(20)19-11-2-3-14-15(5-11)22-8-21-14/h2-7,17H,8H2,1H3,(H,19,20). The first-order valence-corrected chi connectivity index (χ1v) is 7.89. The van der Waals surface area contributed by atoms with E-state index in [1.54, 1.807) is 41.8 Å². The van der Waals surface area contributed by atoms with Crippen LogP contribution in [0.15, 0.2) is 35.8 Å². The van der Waals surface area contributed by atoms with Crippen LogP contribution in [0.4, 0.5) is 5.69 Å². The van der Waals surface area contributed by atoms with E-state index in [4.69, 9.17) is 9.47 Å². The zero-order chi connectivity index (χ0) is 15.8. The van der Waals surface area contributed by atoms with Crippen molar-refractivity contribution in [2.45, 2.75) is 6.92 Å². The number of aromatic nitrogens is 2. The SMILES string of the molecule is Cc1nc(-c2c[nH]c(C(=O)Nc3ccc4c(c3)OCO4)c2)cs1. The summed E-state index contributed by atoms with van der Waals surface area (Å²) >= 11 is 1.58. The number of amides is 1. The minimum atomic E-state index is -0.220. The Morgan fingerprint density at radius 3 is 3.00 bits per heavy atom. The van der Waals surface area contributed by atoms with Gasteiger partial charge in [-0.25, -0.2) is 4.98 Å². The molecule has 0 spiro atoms. The molecule has 0 saturated carbocycles. The number of thiazole rings is 1. The van der Waals surface area contributed by atoms with Gasteiger partial charge in [0.25, 0.3) is 5.91 Å². The van der Waals surface area contributed by atoms with E-state index in [0.29, 0.717) is 22.9 Å². The van der Waals surface area contributed by atoms with Gasteiger partial charge in [-0.15, -0.1) is 11.3 Å². The van der Waals surface area contributed by atoms with Gasteiger partial charge >= 0.3 is 0 Å². The fraction of sp³-hybridized carbons (Fsp3) is 0.125. The number of benzene rings is 1. The van der Waals surface area contributed by atoms with Gasteiger partial charge in [0.15, 0.2) is 11.5 Å². The smallest absolute Gasteiger partial charge is 0.272 e. The Balaban J connectivity index is 1.52. The molecule has 1 aromatic carbocycles. The molecule has 0 unspecified atom stereocenters. The number of carbonyl (C=O) groups is 1. The number of nitrogens with zero attached hydrogens (tertiary/aromatic N) is 1. The van der Waals surface area contributed by atoms with Gasteiger partial charge in [-0.2, -0.15) is 0 Å². The number of carbonyl (C=O) groups excluding carboxylic acids is 1. The third kappa shape index (κ3) is 2.66. The molecular weight excluding hydrogens is 314 g/mol. The summed E-state index contributed by atoms with van der Waals surface area (Å²) in [6, 6.07) is 7.08. The van der Waals surface area contributed by atoms with Crippen LogP contribution in [0.1, 0.15) is 15.5 Å². The zero-order valence-corrected chi connectivity index (χ0v) is 13.1. The molecule has 4 rings (SSSR count). The van der Waals surface area contributed by atoms with Crippen LogP contribution in [0.2, 0.25) is 0 Å². The number of aryl methyl sites for hydroxylation is 1. The molecule has 0 fully saturated rings. The first kappa shape index (κ1) is 13.8. The molecule has 3 heterocycles. The molecule has 6 nitrogen and oxygen atoms in total. The molecule has 0 aliphatic carbocycles. The lowest BCUT2D eigenvalue weighted by Gasteiger charge is -2.04. The fourth-order valence-electron chi connectivity index (χ4n) is 2.34. The lowest BCUT2D eigenvalue weighted by molar-refractivity contribution is 0.102. The van der Waals surface area contributed by atoms with Crippen molar-refractivity contribution in [2.24, 2.45) is 0 Å². The van der Waals surface area contributed by atoms with E-state index in [2.05, 4.69) is 15.3 Å². The molecule has 1 aliphatic heterocycles. The summed E-state index contributed by atoms with van der Waals surface area (Å²) in [5.74, 6) is 1.10. The Hall–Kier alpha value is -2.80. The van der Waals surface area contributed by atoms with Gasteiger partial charge in [0.05, 0.1) is 10.7 Å². The Morgan fingerprint density at radius 1 is 1.30 bits per heavy atom. The molecule has 0 atom stereocenters. The summed E-state index contributed by atoms with van der Waals surface area (Å²) < 4.78 is 10.6. The summed E-state index contributed by atoms with van der Waals surface area (Å²) in [5.41, 5.74) is 2.89. The Labute approximate surface area is 136 Å². The van der Waals surface area contributed by atoms with Crippen molar-refractivity contribution >= 4 is 22.9 Å². The molecule has 23 heavy (non-hydrogen) atoms. The number of ether oxygens (including phenoxy) is 2. The van der Waals surface area contributed by atoms with Crippen molar-refractivity contribution in [3.8, 4) is 22.8 Å². The average Bonchev–Trinajstić information content (AvgIpc) is 3.26. The number of aromatic amines is 1. The van der Waals surface area contributed by atoms with E-state index in [-0.39, 0.29) is 12.7 Å². The van der Waals surface area contributed by atoms with E-state index in [1.807, 2.05) is 12.3 Å². The lowest BCUT2D eigenvalue weighted by atomic mass is 10.2. The van der Waals surface area contributed by atoms with Crippen LogP contribution in [-0.4, -0.2) is 22.7 Å². The maximum atomic E-state index is 12.3. The third-order valence-corrected chi connectivity index (χ3v) is 4.25. The first-order valence-electron chi connectivity index (χ1n) is 7.01. The highest BCUT2D eigenvalue weighted by Crippen LogP contribution is 2.34. The predicted octanol–water partition coefficient (Wildman–Crippen LogP) is 3.43. The van der Waals surface area contributed by atoms with Gasteiger partial charge in [0, 0.05) is 28.9 Å². The van der Waals surface area contributed by atoms with Gasteiger partial charge in [-0.05, 0) is 25.1 Å². The van der Waals surface area contributed by atoms with Gasteiger partial charge in [0.2, 0.25) is 6.79 Å². The minimum absolute atomic E-state index is 0.208. The number of rotatable bonds is 3. The molecule has 0 bridgehead atoms. The largest absolute Gasteiger partial charge is 0.454 e. The minimum Gasteiger partial charge on any atom is -0.454 e. The molecule has 0 saturated heterocycles. The highest BCUT2D eigenvalue weighted by Gasteiger charge is 2.16. The van der Waals surface area contributed by atoms with E-state index in [0.717, 1.165) is 16.3 Å². The van der Waals surface area contributed by atoms with Crippen molar-refractivity contribution in [3.05, 3.63) is 46.5 Å². The summed E-state index contributed by atoms with van der Waals surface area (Å²) in [4.78, 5) is 19.7. The van der Waals surface area contributed by atoms with Crippen LogP contribution in [0, 0.1) is 6.92 Å². The molecule has 1 amide bonds. The van der Waals surface area contributed by atoms with E-state index >= 15 is 0 Å². The second-order valence-corrected chi connectivity index (χ2v) is 6.14. The number of hydrogen-bond acceptors (Lipinski definition) is 5. The number of hydrogen-bond donors (Lipinski definition) is 2. The second kappa shape index (κ2) is 5.44. The predicted molar refractivity (Wildman–Crippen MR) is 87.2 cm³/mol. The van der Waals surface area contributed by atoms with Crippen LogP contribution in [-0.2, 0) is 0 Å². The molecule has 1 aliphatic rings. The van der Waals surface area contributed by atoms with Crippen molar-refractivity contribution < 1.29 is 14.3 Å². The Morgan fingerprint density at radius 2 is 2.17 bits per heavy atom. The number of fused-ring (bicyclic) bond motifs is 1. The van der Waals surface area contributed by atoms with Crippen molar-refractivity contribution in [3.63, 3.8) is 0 Å².